The van der Waals surface area contributed by atoms with Crippen molar-refractivity contribution in [2.45, 2.75) is 51.6 Å². The van der Waals surface area contributed by atoms with Crippen LogP contribution in [0.3, 0.4) is 0 Å². The fourth-order valence-corrected chi connectivity index (χ4v) is 3.68. The summed E-state index contributed by atoms with van der Waals surface area (Å²) in [5, 5.41) is 6.82. The van der Waals surface area contributed by atoms with Gasteiger partial charge in [-0.3, -0.25) is 14.6 Å². The second kappa shape index (κ2) is 7.85. The molecule has 1 aromatic rings. The first-order valence-electron chi connectivity index (χ1n) is 9.32. The van der Waals surface area contributed by atoms with Crippen LogP contribution < -0.4 is 5.32 Å². The number of hydrogen-bond donors (Lipinski definition) is 1. The van der Waals surface area contributed by atoms with E-state index < -0.39 is 5.60 Å². The van der Waals surface area contributed by atoms with E-state index in [2.05, 4.69) is 15.5 Å². The molecule has 1 aromatic heterocycles. The number of pyridine rings is 1. The third-order valence-electron chi connectivity index (χ3n) is 5.21. The molecular formula is C19H26N4O3. The van der Waals surface area contributed by atoms with E-state index >= 15 is 0 Å². The van der Waals surface area contributed by atoms with E-state index in [0.717, 1.165) is 32.2 Å². The molecule has 3 heterocycles. The molecule has 140 valence electrons. The number of nitrogens with zero attached hydrogens (tertiary/aromatic N) is 3. The zero-order chi connectivity index (χ0) is 18.6. The number of hydrogen-bond acceptors (Lipinski definition) is 5. The van der Waals surface area contributed by atoms with Crippen LogP contribution in [0.2, 0.25) is 0 Å². The first kappa shape index (κ1) is 18.4. The van der Waals surface area contributed by atoms with Gasteiger partial charge in [0.25, 0.3) is 5.91 Å². The fraction of sp³-hybridized carbons (Fsp3) is 0.579. The van der Waals surface area contributed by atoms with Crippen molar-refractivity contribution >= 4 is 23.2 Å². The Bertz CT molecular complexity index is 687. The third-order valence-corrected chi connectivity index (χ3v) is 5.21. The number of rotatable bonds is 5. The van der Waals surface area contributed by atoms with E-state index in [1.54, 1.807) is 24.5 Å². The third kappa shape index (κ3) is 3.86. The van der Waals surface area contributed by atoms with Gasteiger partial charge in [-0.25, -0.2) is 0 Å². The largest absolute Gasteiger partial charge is 0.386 e. The minimum Gasteiger partial charge on any atom is -0.386 e. The smallest absolute Gasteiger partial charge is 0.273 e. The minimum atomic E-state index is -0.568. The molecule has 7 nitrogen and oxygen atoms in total. The van der Waals surface area contributed by atoms with Crippen LogP contribution in [-0.2, 0) is 14.4 Å². The average Bonchev–Trinajstić information content (AvgIpc) is 3.07. The summed E-state index contributed by atoms with van der Waals surface area (Å²) < 4.78 is 0. The zero-order valence-corrected chi connectivity index (χ0v) is 15.4. The second-order valence-corrected chi connectivity index (χ2v) is 7.06. The van der Waals surface area contributed by atoms with Gasteiger partial charge in [-0.05, 0) is 37.8 Å². The van der Waals surface area contributed by atoms with Gasteiger partial charge < -0.3 is 15.1 Å². The number of anilines is 1. The molecule has 1 N–H and O–H groups in total. The lowest BCUT2D eigenvalue weighted by Crippen LogP contribution is -2.52. The Morgan fingerprint density at radius 3 is 2.88 bits per heavy atom. The fourth-order valence-electron chi connectivity index (χ4n) is 3.68. The Morgan fingerprint density at radius 2 is 2.19 bits per heavy atom. The zero-order valence-electron chi connectivity index (χ0n) is 15.4. The molecule has 2 aliphatic heterocycles. The van der Waals surface area contributed by atoms with Crippen LogP contribution in [0.4, 0.5) is 5.69 Å². The molecule has 0 radical (unpaired) electrons. The highest BCUT2D eigenvalue weighted by Gasteiger charge is 2.46. The Hall–Kier alpha value is -2.44. The highest BCUT2D eigenvalue weighted by molar-refractivity contribution is 6.43. The maximum atomic E-state index is 12.7. The number of aromatic nitrogens is 1. The van der Waals surface area contributed by atoms with Crippen LogP contribution in [0.25, 0.3) is 0 Å². The van der Waals surface area contributed by atoms with Crippen LogP contribution in [0.5, 0.6) is 0 Å². The lowest BCUT2D eigenvalue weighted by molar-refractivity contribution is -0.145. The number of carbonyl (C=O) groups excluding carboxylic acids is 2. The summed E-state index contributed by atoms with van der Waals surface area (Å²) in [6, 6.07) is 3.53. The Kier molecular flexibility index (Phi) is 5.54. The molecule has 0 bridgehead atoms. The summed E-state index contributed by atoms with van der Waals surface area (Å²) in [6.07, 6.45) is 7.00. The standard InChI is InChI=1S/C19H26N4O3/c1-3-14(4-2)18(25)23-10-6-8-19(13-23)11-16(22-26-19)17(24)21-15-7-5-9-20-12-15/h5,7,9,12,14H,3-4,6,8,10-11,13H2,1-2H3,(H,21,24)/t19-/m1/s1. The molecule has 1 saturated heterocycles. The van der Waals surface area contributed by atoms with Crippen molar-refractivity contribution in [3.05, 3.63) is 24.5 Å². The first-order valence-corrected chi connectivity index (χ1v) is 9.32. The van der Waals surface area contributed by atoms with Crippen LogP contribution in [0.15, 0.2) is 29.7 Å². The lowest BCUT2D eigenvalue weighted by Gasteiger charge is -2.39. The predicted molar refractivity (Wildman–Crippen MR) is 98.6 cm³/mol. The summed E-state index contributed by atoms with van der Waals surface area (Å²) in [5.41, 5.74) is 0.419. The van der Waals surface area contributed by atoms with Crippen molar-refractivity contribution < 1.29 is 14.4 Å². The molecule has 7 heteroatoms. The summed E-state index contributed by atoms with van der Waals surface area (Å²) >= 11 is 0. The van der Waals surface area contributed by atoms with Gasteiger partial charge in [0, 0.05) is 25.1 Å². The van der Waals surface area contributed by atoms with Gasteiger partial charge in [0.2, 0.25) is 5.91 Å². The minimum absolute atomic E-state index is 0.0563. The van der Waals surface area contributed by atoms with Crippen molar-refractivity contribution in [2.24, 2.45) is 11.1 Å². The highest BCUT2D eigenvalue weighted by Crippen LogP contribution is 2.34. The van der Waals surface area contributed by atoms with Crippen molar-refractivity contribution in [3.63, 3.8) is 0 Å². The molecule has 1 atom stereocenters. The van der Waals surface area contributed by atoms with Gasteiger partial charge in [0.1, 0.15) is 5.71 Å². The molecule has 0 unspecified atom stereocenters. The normalized spacial score (nSPS) is 22.3. The van der Waals surface area contributed by atoms with Crippen molar-refractivity contribution in [2.75, 3.05) is 18.4 Å². The van der Waals surface area contributed by atoms with Crippen molar-refractivity contribution in [1.82, 2.24) is 9.88 Å². The number of amides is 2. The first-order chi connectivity index (χ1) is 12.6. The monoisotopic (exact) mass is 358 g/mol. The maximum Gasteiger partial charge on any atom is 0.273 e. The van der Waals surface area contributed by atoms with Crippen LogP contribution in [-0.4, -0.2) is 46.1 Å². The Morgan fingerprint density at radius 1 is 1.38 bits per heavy atom. The van der Waals surface area contributed by atoms with E-state index in [9.17, 15) is 9.59 Å². The predicted octanol–water partition coefficient (Wildman–Crippen LogP) is 2.59. The van der Waals surface area contributed by atoms with Gasteiger partial charge in [0.05, 0.1) is 18.4 Å². The number of likely N-dealkylation sites (tertiary alicyclic amines) is 1. The molecule has 3 rings (SSSR count). The average molecular weight is 358 g/mol. The van der Waals surface area contributed by atoms with E-state index in [1.807, 2.05) is 18.7 Å². The van der Waals surface area contributed by atoms with E-state index in [1.165, 1.54) is 0 Å². The molecule has 1 fully saturated rings. The topological polar surface area (TPSA) is 83.9 Å². The van der Waals surface area contributed by atoms with E-state index in [4.69, 9.17) is 4.84 Å². The molecule has 1 spiro atoms. The molecular weight excluding hydrogens is 332 g/mol. The number of nitrogens with one attached hydrogen (secondary N) is 1. The number of piperidine rings is 1. The highest BCUT2D eigenvalue weighted by atomic mass is 16.7. The molecule has 2 aliphatic rings. The quantitative estimate of drug-likeness (QED) is 0.877. The molecule has 2 amide bonds. The van der Waals surface area contributed by atoms with E-state index in [0.29, 0.717) is 24.4 Å². The van der Waals surface area contributed by atoms with Crippen molar-refractivity contribution in [3.8, 4) is 0 Å². The van der Waals surface area contributed by atoms with Crippen LogP contribution >= 0.6 is 0 Å². The summed E-state index contributed by atoms with van der Waals surface area (Å²) in [5.74, 6) is -0.0370. The molecule has 0 saturated carbocycles. The second-order valence-electron chi connectivity index (χ2n) is 7.06. The summed E-state index contributed by atoms with van der Waals surface area (Å²) in [7, 11) is 0. The van der Waals surface area contributed by atoms with Gasteiger partial charge in [-0.15, -0.1) is 0 Å². The van der Waals surface area contributed by atoms with Gasteiger partial charge in [0.15, 0.2) is 5.60 Å². The number of carbonyl (C=O) groups is 2. The van der Waals surface area contributed by atoms with Crippen molar-refractivity contribution in [1.29, 1.82) is 0 Å². The van der Waals surface area contributed by atoms with Gasteiger partial charge in [-0.1, -0.05) is 19.0 Å². The number of oxime groups is 1. The van der Waals surface area contributed by atoms with Crippen LogP contribution in [0, 0.1) is 5.92 Å². The maximum absolute atomic E-state index is 12.7. The van der Waals surface area contributed by atoms with E-state index in [-0.39, 0.29) is 17.7 Å². The molecule has 0 aliphatic carbocycles. The Labute approximate surface area is 153 Å². The van der Waals surface area contributed by atoms with Gasteiger partial charge >= 0.3 is 0 Å². The lowest BCUT2D eigenvalue weighted by atomic mass is 9.87. The summed E-state index contributed by atoms with van der Waals surface area (Å²) in [6.45, 7) is 5.33. The SMILES string of the molecule is CCC(CC)C(=O)N1CCC[C@@]2(CC(C(=O)Nc3cccnc3)=NO2)C1. The van der Waals surface area contributed by atoms with Crippen LogP contribution in [0.1, 0.15) is 46.0 Å². The van der Waals surface area contributed by atoms with Gasteiger partial charge in [-0.2, -0.15) is 0 Å². The summed E-state index contributed by atoms with van der Waals surface area (Å²) in [4.78, 5) is 36.7. The molecule has 26 heavy (non-hydrogen) atoms. The Balaban J connectivity index is 1.62. The molecule has 0 aromatic carbocycles.